The van der Waals surface area contributed by atoms with Crippen molar-refractivity contribution in [2.75, 3.05) is 6.61 Å². The van der Waals surface area contributed by atoms with E-state index in [0.29, 0.717) is 31.2 Å². The standard InChI is InChI=1S/C29H35N3O4/c1-3-35-23-14-12-21(13-15-23)19-32-27(33)25-17-16-24(26-11-8-18-36-26)31(25)20-29(32,2)28(34)30-22-9-6-4-5-7-10-22/h8,11-18,22H,3-7,9-10,19-20H2,1-2H3,(H,30,34)/t29-/m1/s1. The maximum atomic E-state index is 14.0. The van der Waals surface area contributed by atoms with Crippen molar-refractivity contribution in [1.82, 2.24) is 14.8 Å². The van der Waals surface area contributed by atoms with E-state index < -0.39 is 5.54 Å². The molecule has 36 heavy (non-hydrogen) atoms. The van der Waals surface area contributed by atoms with E-state index in [9.17, 15) is 9.59 Å². The van der Waals surface area contributed by atoms with E-state index >= 15 is 0 Å². The number of hydrogen-bond acceptors (Lipinski definition) is 4. The second kappa shape index (κ2) is 10.2. The molecule has 3 heterocycles. The number of benzene rings is 1. The molecule has 1 aliphatic heterocycles. The van der Waals surface area contributed by atoms with Gasteiger partial charge in [-0.1, -0.05) is 37.8 Å². The summed E-state index contributed by atoms with van der Waals surface area (Å²) in [5.41, 5.74) is 1.26. The lowest BCUT2D eigenvalue weighted by atomic mass is 9.92. The molecule has 0 bridgehead atoms. The number of carbonyl (C=O) groups is 2. The molecule has 5 rings (SSSR count). The first-order chi connectivity index (χ1) is 17.5. The zero-order valence-electron chi connectivity index (χ0n) is 21.2. The number of rotatable bonds is 7. The lowest BCUT2D eigenvalue weighted by molar-refractivity contribution is -0.134. The van der Waals surface area contributed by atoms with Crippen molar-refractivity contribution in [2.24, 2.45) is 0 Å². The van der Waals surface area contributed by atoms with Crippen LogP contribution in [0.4, 0.5) is 0 Å². The van der Waals surface area contributed by atoms with Gasteiger partial charge in [-0.15, -0.1) is 0 Å². The van der Waals surface area contributed by atoms with Crippen LogP contribution < -0.4 is 10.1 Å². The minimum Gasteiger partial charge on any atom is -0.494 e. The Labute approximate surface area is 212 Å². The summed E-state index contributed by atoms with van der Waals surface area (Å²) in [5.74, 6) is 1.21. The van der Waals surface area contributed by atoms with E-state index in [1.54, 1.807) is 11.2 Å². The highest BCUT2D eigenvalue weighted by molar-refractivity contribution is 6.00. The Morgan fingerprint density at radius 3 is 2.44 bits per heavy atom. The molecular weight excluding hydrogens is 454 g/mol. The van der Waals surface area contributed by atoms with Gasteiger partial charge in [-0.25, -0.2) is 0 Å². The first-order valence-electron chi connectivity index (χ1n) is 13.1. The van der Waals surface area contributed by atoms with Gasteiger partial charge in [0.15, 0.2) is 0 Å². The summed E-state index contributed by atoms with van der Waals surface area (Å²) in [4.78, 5) is 29.6. The fourth-order valence-electron chi connectivity index (χ4n) is 5.47. The van der Waals surface area contributed by atoms with Crippen molar-refractivity contribution in [2.45, 2.75) is 77.0 Å². The molecule has 1 N–H and O–H groups in total. The number of fused-ring (bicyclic) bond motifs is 1. The van der Waals surface area contributed by atoms with E-state index in [0.717, 1.165) is 42.7 Å². The molecule has 0 spiro atoms. The fourth-order valence-corrected chi connectivity index (χ4v) is 5.47. The Balaban J connectivity index is 1.48. The second-order valence-corrected chi connectivity index (χ2v) is 10.1. The van der Waals surface area contributed by atoms with E-state index in [-0.39, 0.29) is 17.9 Å². The Morgan fingerprint density at radius 1 is 1.06 bits per heavy atom. The van der Waals surface area contributed by atoms with Crippen LogP contribution in [-0.2, 0) is 17.9 Å². The Hall–Kier alpha value is -3.48. The zero-order chi connectivity index (χ0) is 25.1. The molecule has 0 radical (unpaired) electrons. The summed E-state index contributed by atoms with van der Waals surface area (Å²) in [7, 11) is 0. The van der Waals surface area contributed by atoms with Crippen LogP contribution in [0.2, 0.25) is 0 Å². The summed E-state index contributed by atoms with van der Waals surface area (Å²) in [6, 6.07) is 15.3. The van der Waals surface area contributed by atoms with Gasteiger partial charge in [-0.3, -0.25) is 9.59 Å². The Bertz CT molecular complexity index is 1190. The van der Waals surface area contributed by atoms with Crippen LogP contribution in [0.3, 0.4) is 0 Å². The molecule has 1 aliphatic carbocycles. The SMILES string of the molecule is CCOc1ccc(CN2C(=O)c3ccc(-c4ccco4)n3C[C@]2(C)C(=O)NC2CCCCCC2)cc1. The first kappa shape index (κ1) is 24.2. The van der Waals surface area contributed by atoms with Crippen LogP contribution in [0.25, 0.3) is 11.5 Å². The number of amides is 2. The quantitative estimate of drug-likeness (QED) is 0.451. The molecule has 2 aromatic heterocycles. The van der Waals surface area contributed by atoms with Crippen molar-refractivity contribution in [3.8, 4) is 17.2 Å². The molecule has 1 aromatic carbocycles. The first-order valence-corrected chi connectivity index (χ1v) is 13.1. The van der Waals surface area contributed by atoms with Gasteiger partial charge in [0, 0.05) is 12.6 Å². The maximum Gasteiger partial charge on any atom is 0.271 e. The summed E-state index contributed by atoms with van der Waals surface area (Å²) < 4.78 is 13.1. The van der Waals surface area contributed by atoms with Crippen LogP contribution in [0.1, 0.15) is 68.4 Å². The lowest BCUT2D eigenvalue weighted by Gasteiger charge is -2.45. The Kier molecular flexibility index (Phi) is 6.90. The van der Waals surface area contributed by atoms with E-state index in [1.165, 1.54) is 12.8 Å². The monoisotopic (exact) mass is 489 g/mol. The van der Waals surface area contributed by atoms with E-state index in [2.05, 4.69) is 5.32 Å². The fraction of sp³-hybridized carbons (Fsp3) is 0.448. The van der Waals surface area contributed by atoms with Crippen LogP contribution >= 0.6 is 0 Å². The van der Waals surface area contributed by atoms with Gasteiger partial charge in [-0.2, -0.15) is 0 Å². The molecule has 7 nitrogen and oxygen atoms in total. The summed E-state index contributed by atoms with van der Waals surface area (Å²) in [6.07, 6.45) is 8.27. The number of hydrogen-bond donors (Lipinski definition) is 1. The van der Waals surface area contributed by atoms with Crippen molar-refractivity contribution in [1.29, 1.82) is 0 Å². The molecule has 3 aromatic rings. The van der Waals surface area contributed by atoms with Crippen molar-refractivity contribution in [3.05, 3.63) is 66.1 Å². The smallest absolute Gasteiger partial charge is 0.271 e. The van der Waals surface area contributed by atoms with Gasteiger partial charge < -0.3 is 23.9 Å². The zero-order valence-corrected chi connectivity index (χ0v) is 21.2. The molecule has 1 saturated carbocycles. The van der Waals surface area contributed by atoms with E-state index in [4.69, 9.17) is 9.15 Å². The van der Waals surface area contributed by atoms with Gasteiger partial charge >= 0.3 is 0 Å². The highest BCUT2D eigenvalue weighted by Gasteiger charge is 2.48. The highest BCUT2D eigenvalue weighted by atomic mass is 16.5. The summed E-state index contributed by atoms with van der Waals surface area (Å²) >= 11 is 0. The van der Waals surface area contributed by atoms with Crippen LogP contribution in [0.15, 0.2) is 59.2 Å². The van der Waals surface area contributed by atoms with Gasteiger partial charge in [0.25, 0.3) is 5.91 Å². The minimum absolute atomic E-state index is 0.0987. The van der Waals surface area contributed by atoms with Gasteiger partial charge in [-0.05, 0) is 68.7 Å². The molecule has 0 unspecified atom stereocenters. The molecule has 2 amide bonds. The number of nitrogens with zero attached hydrogens (tertiary/aromatic N) is 2. The van der Waals surface area contributed by atoms with Gasteiger partial charge in [0.05, 0.1) is 25.1 Å². The average molecular weight is 490 g/mol. The van der Waals surface area contributed by atoms with E-state index in [1.807, 2.05) is 66.9 Å². The largest absolute Gasteiger partial charge is 0.494 e. The van der Waals surface area contributed by atoms with Crippen LogP contribution in [-0.4, -0.2) is 39.5 Å². The number of aromatic nitrogens is 1. The average Bonchev–Trinajstić information content (AvgIpc) is 3.48. The summed E-state index contributed by atoms with van der Waals surface area (Å²) in [5, 5.41) is 3.32. The molecule has 2 aliphatic rings. The topological polar surface area (TPSA) is 76.7 Å². The molecule has 7 heteroatoms. The highest BCUT2D eigenvalue weighted by Crippen LogP contribution is 2.35. The van der Waals surface area contributed by atoms with Crippen LogP contribution in [0.5, 0.6) is 5.75 Å². The lowest BCUT2D eigenvalue weighted by Crippen LogP contribution is -2.64. The normalized spacial score (nSPS) is 20.6. The van der Waals surface area contributed by atoms with Crippen molar-refractivity contribution < 1.29 is 18.7 Å². The third-order valence-corrected chi connectivity index (χ3v) is 7.53. The molecule has 190 valence electrons. The number of furan rings is 1. The number of carbonyl (C=O) groups excluding carboxylic acids is 2. The third-order valence-electron chi connectivity index (χ3n) is 7.53. The molecule has 0 saturated heterocycles. The minimum atomic E-state index is -1.06. The second-order valence-electron chi connectivity index (χ2n) is 10.1. The predicted molar refractivity (Wildman–Crippen MR) is 138 cm³/mol. The van der Waals surface area contributed by atoms with Crippen LogP contribution in [0, 0.1) is 0 Å². The van der Waals surface area contributed by atoms with Gasteiger partial charge in [0.1, 0.15) is 22.7 Å². The third kappa shape index (κ3) is 4.66. The summed E-state index contributed by atoms with van der Waals surface area (Å²) in [6.45, 7) is 5.12. The molecular formula is C29H35N3O4. The van der Waals surface area contributed by atoms with Crippen molar-refractivity contribution >= 4 is 11.8 Å². The van der Waals surface area contributed by atoms with Crippen molar-refractivity contribution in [3.63, 3.8) is 0 Å². The maximum absolute atomic E-state index is 14.0. The predicted octanol–water partition coefficient (Wildman–Crippen LogP) is 5.40. The number of nitrogens with one attached hydrogen (secondary N) is 1. The number of ether oxygens (including phenoxy) is 1. The molecule has 1 fully saturated rings. The molecule has 1 atom stereocenters. The van der Waals surface area contributed by atoms with Gasteiger partial charge in [0.2, 0.25) is 5.91 Å². The Morgan fingerprint density at radius 2 is 1.78 bits per heavy atom.